The van der Waals surface area contributed by atoms with Crippen LogP contribution in [-0.4, -0.2) is 6.04 Å². The lowest BCUT2D eigenvalue weighted by molar-refractivity contribution is 0.360. The van der Waals surface area contributed by atoms with Gasteiger partial charge in [0.2, 0.25) is 0 Å². The molecule has 1 saturated carbocycles. The minimum Gasteiger partial charge on any atom is -0.271 e. The van der Waals surface area contributed by atoms with Gasteiger partial charge in [0.15, 0.2) is 11.6 Å². The van der Waals surface area contributed by atoms with Crippen LogP contribution in [0.1, 0.15) is 31.2 Å². The van der Waals surface area contributed by atoms with E-state index in [0.29, 0.717) is 12.3 Å². The lowest BCUT2D eigenvalue weighted by atomic mass is 9.93. The van der Waals surface area contributed by atoms with Crippen molar-refractivity contribution in [1.29, 1.82) is 0 Å². The van der Waals surface area contributed by atoms with Crippen LogP contribution >= 0.6 is 0 Å². The zero-order chi connectivity index (χ0) is 12.3. The van der Waals surface area contributed by atoms with Crippen molar-refractivity contribution in [3.05, 3.63) is 35.4 Å². The molecule has 4 heteroatoms. The molecule has 94 valence electrons. The SMILES string of the molecule is NNC(Cc1ccc(F)c(F)c1)C1CCCC1. The van der Waals surface area contributed by atoms with Gasteiger partial charge in [0, 0.05) is 6.04 Å². The minimum absolute atomic E-state index is 0.155. The van der Waals surface area contributed by atoms with E-state index in [4.69, 9.17) is 5.84 Å². The molecule has 1 aromatic rings. The van der Waals surface area contributed by atoms with Crippen molar-refractivity contribution in [3.8, 4) is 0 Å². The maximum Gasteiger partial charge on any atom is 0.159 e. The van der Waals surface area contributed by atoms with E-state index in [9.17, 15) is 8.78 Å². The van der Waals surface area contributed by atoms with Crippen LogP contribution in [0.5, 0.6) is 0 Å². The number of nitrogens with two attached hydrogens (primary N) is 1. The summed E-state index contributed by atoms with van der Waals surface area (Å²) in [6.07, 6.45) is 5.46. The number of hydrazine groups is 1. The first kappa shape index (κ1) is 12.5. The summed E-state index contributed by atoms with van der Waals surface area (Å²) in [5.74, 6) is 4.51. The molecule has 17 heavy (non-hydrogen) atoms. The lowest BCUT2D eigenvalue weighted by Gasteiger charge is -2.22. The van der Waals surface area contributed by atoms with E-state index in [2.05, 4.69) is 5.43 Å². The van der Waals surface area contributed by atoms with Gasteiger partial charge in [-0.3, -0.25) is 11.3 Å². The summed E-state index contributed by atoms with van der Waals surface area (Å²) in [5, 5.41) is 0. The third-order valence-corrected chi connectivity index (χ3v) is 3.62. The molecule has 0 radical (unpaired) electrons. The molecule has 1 atom stereocenters. The van der Waals surface area contributed by atoms with Crippen LogP contribution in [-0.2, 0) is 6.42 Å². The van der Waals surface area contributed by atoms with Gasteiger partial charge >= 0.3 is 0 Å². The molecule has 0 aromatic heterocycles. The second kappa shape index (κ2) is 5.56. The molecule has 0 heterocycles. The molecule has 1 fully saturated rings. The first-order chi connectivity index (χ1) is 8.20. The summed E-state index contributed by atoms with van der Waals surface area (Å²) in [6.45, 7) is 0. The Kier molecular flexibility index (Phi) is 4.07. The molecular formula is C13H18F2N2. The smallest absolute Gasteiger partial charge is 0.159 e. The minimum atomic E-state index is -0.799. The number of hydrogen-bond acceptors (Lipinski definition) is 2. The van der Waals surface area contributed by atoms with Gasteiger partial charge in [-0.2, -0.15) is 0 Å². The predicted molar refractivity (Wildman–Crippen MR) is 63.1 cm³/mol. The molecule has 0 aliphatic heterocycles. The van der Waals surface area contributed by atoms with Crippen molar-refractivity contribution in [3.63, 3.8) is 0 Å². The molecule has 0 saturated heterocycles. The van der Waals surface area contributed by atoms with Gasteiger partial charge < -0.3 is 0 Å². The Labute approximate surface area is 100 Å². The summed E-state index contributed by atoms with van der Waals surface area (Å²) in [7, 11) is 0. The molecule has 2 nitrogen and oxygen atoms in total. The standard InChI is InChI=1S/C13H18F2N2/c14-11-6-5-9(7-12(11)15)8-13(17-16)10-3-1-2-4-10/h5-7,10,13,17H,1-4,8,16H2. The number of hydrogen-bond donors (Lipinski definition) is 2. The molecule has 1 unspecified atom stereocenters. The molecule has 1 aliphatic rings. The van der Waals surface area contributed by atoms with Crippen LogP contribution in [0.2, 0.25) is 0 Å². The Bertz CT molecular complexity index is 376. The van der Waals surface area contributed by atoms with Crippen LogP contribution in [0, 0.1) is 17.6 Å². The summed E-state index contributed by atoms with van der Waals surface area (Å²) < 4.78 is 25.9. The lowest BCUT2D eigenvalue weighted by Crippen LogP contribution is -2.41. The highest BCUT2D eigenvalue weighted by molar-refractivity contribution is 5.19. The normalized spacial score (nSPS) is 18.5. The van der Waals surface area contributed by atoms with Gasteiger partial charge in [-0.25, -0.2) is 8.78 Å². The topological polar surface area (TPSA) is 38.0 Å². The second-order valence-corrected chi connectivity index (χ2v) is 4.77. The Morgan fingerprint density at radius 1 is 1.24 bits per heavy atom. The van der Waals surface area contributed by atoms with Gasteiger partial charge in [0.1, 0.15) is 0 Å². The molecule has 2 rings (SSSR count). The Morgan fingerprint density at radius 3 is 2.53 bits per heavy atom. The Morgan fingerprint density at radius 2 is 1.94 bits per heavy atom. The fourth-order valence-corrected chi connectivity index (χ4v) is 2.64. The van der Waals surface area contributed by atoms with Crippen LogP contribution in [0.25, 0.3) is 0 Å². The fourth-order valence-electron chi connectivity index (χ4n) is 2.64. The maximum atomic E-state index is 13.1. The van der Waals surface area contributed by atoms with Gasteiger partial charge in [0.25, 0.3) is 0 Å². The van der Waals surface area contributed by atoms with Gasteiger partial charge in [-0.1, -0.05) is 18.9 Å². The summed E-state index contributed by atoms with van der Waals surface area (Å²) in [5.41, 5.74) is 3.60. The number of halogens is 2. The Hall–Kier alpha value is -1.00. The molecule has 0 amide bonds. The third-order valence-electron chi connectivity index (χ3n) is 3.62. The van der Waals surface area contributed by atoms with Crippen molar-refractivity contribution >= 4 is 0 Å². The summed E-state index contributed by atoms with van der Waals surface area (Å²) >= 11 is 0. The van der Waals surface area contributed by atoms with E-state index in [0.717, 1.165) is 5.56 Å². The number of nitrogens with one attached hydrogen (secondary N) is 1. The highest BCUT2D eigenvalue weighted by Crippen LogP contribution is 2.29. The van der Waals surface area contributed by atoms with Gasteiger partial charge in [-0.15, -0.1) is 0 Å². The fraction of sp³-hybridized carbons (Fsp3) is 0.538. The van der Waals surface area contributed by atoms with Gasteiger partial charge in [0.05, 0.1) is 0 Å². The average Bonchev–Trinajstić information content (AvgIpc) is 2.84. The van der Waals surface area contributed by atoms with Crippen molar-refractivity contribution < 1.29 is 8.78 Å². The molecule has 0 bridgehead atoms. The molecular weight excluding hydrogens is 222 g/mol. The summed E-state index contributed by atoms with van der Waals surface area (Å²) in [6, 6.07) is 4.21. The van der Waals surface area contributed by atoms with Crippen LogP contribution < -0.4 is 11.3 Å². The van der Waals surface area contributed by atoms with E-state index in [1.807, 2.05) is 0 Å². The highest BCUT2D eigenvalue weighted by Gasteiger charge is 2.24. The largest absolute Gasteiger partial charge is 0.271 e. The molecule has 0 spiro atoms. The van der Waals surface area contributed by atoms with Crippen molar-refractivity contribution in [2.75, 3.05) is 0 Å². The number of rotatable bonds is 4. The highest BCUT2D eigenvalue weighted by atomic mass is 19.2. The second-order valence-electron chi connectivity index (χ2n) is 4.77. The van der Waals surface area contributed by atoms with Crippen molar-refractivity contribution in [2.45, 2.75) is 38.1 Å². The zero-order valence-electron chi connectivity index (χ0n) is 9.76. The van der Waals surface area contributed by atoms with Crippen molar-refractivity contribution in [1.82, 2.24) is 5.43 Å². The van der Waals surface area contributed by atoms with E-state index in [1.165, 1.54) is 37.8 Å². The quantitative estimate of drug-likeness (QED) is 0.627. The van der Waals surface area contributed by atoms with E-state index >= 15 is 0 Å². The first-order valence-electron chi connectivity index (χ1n) is 6.10. The maximum absolute atomic E-state index is 13.1. The molecule has 1 aromatic carbocycles. The first-order valence-corrected chi connectivity index (χ1v) is 6.10. The van der Waals surface area contributed by atoms with Gasteiger partial charge in [-0.05, 0) is 42.9 Å². The van der Waals surface area contributed by atoms with E-state index < -0.39 is 11.6 Å². The van der Waals surface area contributed by atoms with E-state index in [1.54, 1.807) is 6.07 Å². The van der Waals surface area contributed by atoms with Crippen LogP contribution in [0.3, 0.4) is 0 Å². The van der Waals surface area contributed by atoms with E-state index in [-0.39, 0.29) is 6.04 Å². The summed E-state index contributed by atoms with van der Waals surface area (Å²) in [4.78, 5) is 0. The monoisotopic (exact) mass is 240 g/mol. The number of benzene rings is 1. The Balaban J connectivity index is 2.04. The molecule has 3 N–H and O–H groups in total. The van der Waals surface area contributed by atoms with Crippen molar-refractivity contribution in [2.24, 2.45) is 11.8 Å². The zero-order valence-corrected chi connectivity index (χ0v) is 9.76. The molecule has 1 aliphatic carbocycles. The third kappa shape index (κ3) is 3.01. The predicted octanol–water partition coefficient (Wildman–Crippen LogP) is 2.53. The van der Waals surface area contributed by atoms with Crippen LogP contribution in [0.4, 0.5) is 8.78 Å². The van der Waals surface area contributed by atoms with Crippen LogP contribution in [0.15, 0.2) is 18.2 Å². The average molecular weight is 240 g/mol.